The zero-order valence-corrected chi connectivity index (χ0v) is 10.6. The number of hydrogen-bond donors (Lipinski definition) is 2. The summed E-state index contributed by atoms with van der Waals surface area (Å²) in [6, 6.07) is 3.12. The van der Waals surface area contributed by atoms with Gasteiger partial charge in [0.15, 0.2) is 0 Å². The van der Waals surface area contributed by atoms with Gasteiger partial charge in [-0.2, -0.15) is 0 Å². The minimum absolute atomic E-state index is 0.0430. The maximum atomic E-state index is 10.7. The van der Waals surface area contributed by atoms with E-state index < -0.39 is 4.92 Å². The molecule has 0 saturated heterocycles. The molecule has 0 aliphatic heterocycles. The third kappa shape index (κ3) is 2.43. The summed E-state index contributed by atoms with van der Waals surface area (Å²) in [6.07, 6.45) is 2.35. The van der Waals surface area contributed by atoms with Crippen LogP contribution in [0.15, 0.2) is 12.1 Å². The number of anilines is 1. The van der Waals surface area contributed by atoms with E-state index in [1.807, 2.05) is 0 Å². The first-order chi connectivity index (χ1) is 8.46. The lowest BCUT2D eigenvalue weighted by atomic mass is 9.96. The molecule has 6 nitrogen and oxygen atoms in total. The van der Waals surface area contributed by atoms with Crippen LogP contribution in [0.3, 0.4) is 0 Å². The average Bonchev–Trinajstić information content (AvgIpc) is 3.12. The molecule has 0 radical (unpaired) electrons. The Morgan fingerprint density at radius 1 is 1.61 bits per heavy atom. The van der Waals surface area contributed by atoms with Gasteiger partial charge in [0.2, 0.25) is 0 Å². The van der Waals surface area contributed by atoms with E-state index in [0.717, 1.165) is 0 Å². The molecule has 1 atom stereocenters. The van der Waals surface area contributed by atoms with Crippen molar-refractivity contribution in [1.29, 1.82) is 0 Å². The molecule has 1 aromatic heterocycles. The number of nitrogens with two attached hydrogens (primary N) is 1. The predicted octanol–water partition coefficient (Wildman–Crippen LogP) is 1.84. The summed E-state index contributed by atoms with van der Waals surface area (Å²) in [7, 11) is 0. The molecule has 1 aliphatic carbocycles. The van der Waals surface area contributed by atoms with Crippen LogP contribution in [0.5, 0.6) is 0 Å². The Balaban J connectivity index is 2.19. The van der Waals surface area contributed by atoms with Crippen LogP contribution in [0.25, 0.3) is 0 Å². The monoisotopic (exact) mass is 250 g/mol. The number of nitrogens with one attached hydrogen (secondary N) is 1. The van der Waals surface area contributed by atoms with Crippen molar-refractivity contribution in [3.8, 4) is 0 Å². The zero-order chi connectivity index (χ0) is 13.3. The molecule has 0 aromatic carbocycles. The number of aromatic nitrogens is 1. The largest absolute Gasteiger partial charge is 0.363 e. The van der Waals surface area contributed by atoms with E-state index in [0.29, 0.717) is 24.0 Å². The Kier molecular flexibility index (Phi) is 3.21. The van der Waals surface area contributed by atoms with Crippen molar-refractivity contribution in [3.63, 3.8) is 0 Å². The second kappa shape index (κ2) is 4.53. The first-order valence-corrected chi connectivity index (χ1v) is 6.06. The highest BCUT2D eigenvalue weighted by molar-refractivity contribution is 5.46. The van der Waals surface area contributed by atoms with Crippen molar-refractivity contribution < 1.29 is 4.92 Å². The molecule has 2 rings (SSSR count). The maximum absolute atomic E-state index is 10.7. The number of nitro groups is 1. The molecule has 0 amide bonds. The van der Waals surface area contributed by atoms with E-state index in [9.17, 15) is 10.1 Å². The summed E-state index contributed by atoms with van der Waals surface area (Å²) in [5.41, 5.74) is 6.10. The summed E-state index contributed by atoms with van der Waals surface area (Å²) >= 11 is 0. The van der Waals surface area contributed by atoms with Crippen molar-refractivity contribution in [2.45, 2.75) is 32.2 Å². The Hall–Kier alpha value is -1.69. The van der Waals surface area contributed by atoms with Crippen LogP contribution in [0.2, 0.25) is 0 Å². The minimum Gasteiger partial charge on any atom is -0.363 e. The van der Waals surface area contributed by atoms with Crippen LogP contribution in [-0.4, -0.2) is 22.0 Å². The van der Waals surface area contributed by atoms with Gasteiger partial charge in [-0.3, -0.25) is 10.1 Å². The van der Waals surface area contributed by atoms with Crippen molar-refractivity contribution in [2.24, 2.45) is 11.7 Å². The smallest absolute Gasteiger partial charge is 0.290 e. The first kappa shape index (κ1) is 12.8. The van der Waals surface area contributed by atoms with Gasteiger partial charge in [0.1, 0.15) is 11.5 Å². The molecule has 1 saturated carbocycles. The van der Waals surface area contributed by atoms with Crippen molar-refractivity contribution in [1.82, 2.24) is 4.98 Å². The fourth-order valence-electron chi connectivity index (χ4n) is 2.15. The van der Waals surface area contributed by atoms with E-state index >= 15 is 0 Å². The molecule has 1 fully saturated rings. The molecule has 3 N–H and O–H groups in total. The second-order valence-electron chi connectivity index (χ2n) is 5.08. The number of hydrogen-bond acceptors (Lipinski definition) is 5. The van der Waals surface area contributed by atoms with Gasteiger partial charge in [0.05, 0.1) is 10.5 Å². The molecule has 1 heterocycles. The summed E-state index contributed by atoms with van der Waals surface area (Å²) in [5.74, 6) is 1.22. The number of aryl methyl sites for hydroxylation is 1. The van der Waals surface area contributed by atoms with Crippen LogP contribution in [0, 0.1) is 23.0 Å². The number of nitrogens with zero attached hydrogens (tertiary/aromatic N) is 2. The number of rotatable bonds is 5. The summed E-state index contributed by atoms with van der Waals surface area (Å²) in [4.78, 5) is 14.5. The fourth-order valence-corrected chi connectivity index (χ4v) is 2.15. The van der Waals surface area contributed by atoms with Gasteiger partial charge < -0.3 is 11.1 Å². The molecule has 1 aliphatic rings. The Labute approximate surface area is 106 Å². The highest BCUT2D eigenvalue weighted by Gasteiger charge is 2.40. The second-order valence-corrected chi connectivity index (χ2v) is 5.08. The van der Waals surface area contributed by atoms with Gasteiger partial charge in [-0.25, -0.2) is 4.98 Å². The molecule has 0 bridgehead atoms. The van der Waals surface area contributed by atoms with Crippen LogP contribution < -0.4 is 11.1 Å². The molecular formula is C12H18N4O2. The van der Waals surface area contributed by atoms with Crippen LogP contribution in [-0.2, 0) is 0 Å². The maximum Gasteiger partial charge on any atom is 0.290 e. The Morgan fingerprint density at radius 3 is 2.72 bits per heavy atom. The fraction of sp³-hybridized carbons (Fsp3) is 0.583. The normalized spacial score (nSPS) is 18.2. The van der Waals surface area contributed by atoms with E-state index in [1.165, 1.54) is 18.9 Å². The third-order valence-electron chi connectivity index (χ3n) is 3.57. The number of pyridine rings is 1. The van der Waals surface area contributed by atoms with Gasteiger partial charge in [0, 0.05) is 12.6 Å². The summed E-state index contributed by atoms with van der Waals surface area (Å²) < 4.78 is 0. The lowest BCUT2D eigenvalue weighted by Crippen LogP contribution is -2.44. The summed E-state index contributed by atoms with van der Waals surface area (Å²) in [5, 5.41) is 14.0. The van der Waals surface area contributed by atoms with Crippen molar-refractivity contribution in [2.75, 3.05) is 11.9 Å². The molecule has 1 aromatic rings. The van der Waals surface area contributed by atoms with Gasteiger partial charge >= 0.3 is 0 Å². The predicted molar refractivity (Wildman–Crippen MR) is 69.4 cm³/mol. The minimum atomic E-state index is -0.421. The quantitative estimate of drug-likeness (QED) is 0.614. The standard InChI is InChI=1S/C12H18N4O2/c1-8-10(16(17)18)5-6-11(14-8)15-12(2,7-13)9-3-4-9/h5-6,9H,3-4,7,13H2,1-2H3,(H,14,15). The lowest BCUT2D eigenvalue weighted by molar-refractivity contribution is -0.385. The van der Waals surface area contributed by atoms with Crippen molar-refractivity contribution >= 4 is 11.5 Å². The van der Waals surface area contributed by atoms with E-state index in [-0.39, 0.29) is 11.2 Å². The Bertz CT molecular complexity index is 473. The topological polar surface area (TPSA) is 94.1 Å². The van der Waals surface area contributed by atoms with Gasteiger partial charge in [-0.05, 0) is 38.7 Å². The van der Waals surface area contributed by atoms with Crippen LogP contribution in [0.4, 0.5) is 11.5 Å². The highest BCUT2D eigenvalue weighted by Crippen LogP contribution is 2.40. The zero-order valence-electron chi connectivity index (χ0n) is 10.6. The van der Waals surface area contributed by atoms with Gasteiger partial charge in [-0.15, -0.1) is 0 Å². The highest BCUT2D eigenvalue weighted by atomic mass is 16.6. The SMILES string of the molecule is Cc1nc(NC(C)(CN)C2CC2)ccc1[N+](=O)[O-]. The lowest BCUT2D eigenvalue weighted by Gasteiger charge is -2.30. The van der Waals surface area contributed by atoms with Crippen molar-refractivity contribution in [3.05, 3.63) is 27.9 Å². The van der Waals surface area contributed by atoms with Crippen LogP contribution in [0.1, 0.15) is 25.5 Å². The molecular weight excluding hydrogens is 232 g/mol. The molecule has 1 unspecified atom stereocenters. The summed E-state index contributed by atoms with van der Waals surface area (Å²) in [6.45, 7) is 4.23. The third-order valence-corrected chi connectivity index (χ3v) is 3.57. The molecule has 98 valence electrons. The van der Waals surface area contributed by atoms with E-state index in [2.05, 4.69) is 17.2 Å². The Morgan fingerprint density at radius 2 is 2.28 bits per heavy atom. The van der Waals surface area contributed by atoms with E-state index in [4.69, 9.17) is 5.73 Å². The molecule has 6 heteroatoms. The first-order valence-electron chi connectivity index (χ1n) is 6.06. The molecule has 0 spiro atoms. The van der Waals surface area contributed by atoms with Crippen LogP contribution >= 0.6 is 0 Å². The molecule has 18 heavy (non-hydrogen) atoms. The average molecular weight is 250 g/mol. The van der Waals surface area contributed by atoms with E-state index in [1.54, 1.807) is 13.0 Å². The van der Waals surface area contributed by atoms with Gasteiger partial charge in [0.25, 0.3) is 5.69 Å². The van der Waals surface area contributed by atoms with Gasteiger partial charge in [-0.1, -0.05) is 0 Å².